The molecule has 0 fully saturated rings. The van der Waals surface area contributed by atoms with Crippen LogP contribution in [0.1, 0.15) is 30.5 Å². The topological polar surface area (TPSA) is 63.7 Å². The Bertz CT molecular complexity index is 866. The number of carbonyl (C=O) groups is 1. The summed E-state index contributed by atoms with van der Waals surface area (Å²) >= 11 is 0. The minimum atomic E-state index is -3.90. The maximum atomic E-state index is 13.2. The van der Waals surface area contributed by atoms with E-state index in [2.05, 4.69) is 0 Å². The first-order valence-electron chi connectivity index (χ1n) is 8.47. The Labute approximate surface area is 155 Å². The highest BCUT2D eigenvalue weighted by Crippen LogP contribution is 2.26. The van der Waals surface area contributed by atoms with E-state index in [1.807, 2.05) is 26.8 Å². The van der Waals surface area contributed by atoms with Crippen molar-refractivity contribution in [3.05, 3.63) is 59.2 Å². The smallest absolute Gasteiger partial charge is 0.327 e. The van der Waals surface area contributed by atoms with Crippen molar-refractivity contribution in [2.75, 3.05) is 10.8 Å². The predicted molar refractivity (Wildman–Crippen MR) is 103 cm³/mol. The monoisotopic (exact) mass is 375 g/mol. The molecule has 2 aromatic carbocycles. The highest BCUT2D eigenvalue weighted by atomic mass is 32.2. The lowest BCUT2D eigenvalue weighted by atomic mass is 10.1. The molecule has 0 aliphatic heterocycles. The zero-order valence-corrected chi connectivity index (χ0v) is 16.6. The normalized spacial score (nSPS) is 11.5. The van der Waals surface area contributed by atoms with Crippen LogP contribution in [0.2, 0.25) is 0 Å². The fraction of sp³-hybridized carbons (Fsp3) is 0.350. The predicted octanol–water partition coefficient (Wildman–Crippen LogP) is 3.76. The van der Waals surface area contributed by atoms with E-state index in [-0.39, 0.29) is 17.5 Å². The number of nitrogens with zero attached hydrogens (tertiary/aromatic N) is 1. The van der Waals surface area contributed by atoms with E-state index in [4.69, 9.17) is 4.74 Å². The summed E-state index contributed by atoms with van der Waals surface area (Å²) in [5.41, 5.74) is 3.24. The molecule has 0 bridgehead atoms. The molecule has 0 amide bonds. The maximum absolute atomic E-state index is 13.2. The van der Waals surface area contributed by atoms with Gasteiger partial charge in [-0.15, -0.1) is 0 Å². The molecular formula is C20H25NO4S. The van der Waals surface area contributed by atoms with Crippen molar-refractivity contribution < 1.29 is 17.9 Å². The third-order valence-corrected chi connectivity index (χ3v) is 5.53. The Hall–Kier alpha value is -2.34. The van der Waals surface area contributed by atoms with Crippen molar-refractivity contribution in [3.63, 3.8) is 0 Å². The molecule has 0 aliphatic carbocycles. The fourth-order valence-corrected chi connectivity index (χ4v) is 4.06. The number of sulfonamides is 1. The van der Waals surface area contributed by atoms with Crippen LogP contribution in [0.5, 0.6) is 0 Å². The molecule has 26 heavy (non-hydrogen) atoms. The standard InChI is InChI=1S/C20H25NO4S/c1-14(2)25-20(22)13-21(18-11-16(4)10-17(5)12-18)26(23,24)19-8-6-15(3)7-9-19/h6-12,14H,13H2,1-5H3. The third-order valence-electron chi connectivity index (χ3n) is 3.74. The number of carbonyl (C=O) groups excluding carboxylic acids is 1. The van der Waals surface area contributed by atoms with E-state index < -0.39 is 16.0 Å². The summed E-state index contributed by atoms with van der Waals surface area (Å²) in [6.45, 7) is 8.75. The third kappa shape index (κ3) is 4.85. The molecule has 5 nitrogen and oxygen atoms in total. The first-order chi connectivity index (χ1) is 12.1. The Morgan fingerprint density at radius 2 is 1.50 bits per heavy atom. The zero-order chi connectivity index (χ0) is 19.5. The van der Waals surface area contributed by atoms with Crippen molar-refractivity contribution in [2.24, 2.45) is 0 Å². The molecule has 6 heteroatoms. The number of anilines is 1. The molecule has 0 N–H and O–H groups in total. The van der Waals surface area contributed by atoms with Crippen LogP contribution in [-0.4, -0.2) is 27.0 Å². The van der Waals surface area contributed by atoms with Gasteiger partial charge >= 0.3 is 5.97 Å². The van der Waals surface area contributed by atoms with Gasteiger partial charge in [-0.2, -0.15) is 0 Å². The molecule has 0 saturated carbocycles. The van der Waals surface area contributed by atoms with Crippen LogP contribution in [0.3, 0.4) is 0 Å². The van der Waals surface area contributed by atoms with Crippen LogP contribution >= 0.6 is 0 Å². The van der Waals surface area contributed by atoms with Crippen LogP contribution in [0.25, 0.3) is 0 Å². The second-order valence-corrected chi connectivity index (χ2v) is 8.57. The highest BCUT2D eigenvalue weighted by Gasteiger charge is 2.28. The van der Waals surface area contributed by atoms with Crippen molar-refractivity contribution in [1.29, 1.82) is 0 Å². The van der Waals surface area contributed by atoms with E-state index in [1.54, 1.807) is 50.2 Å². The first kappa shape index (κ1) is 20.0. The van der Waals surface area contributed by atoms with Gasteiger partial charge in [0.15, 0.2) is 0 Å². The number of hydrogen-bond acceptors (Lipinski definition) is 4. The van der Waals surface area contributed by atoms with Gasteiger partial charge in [-0.05, 0) is 70.0 Å². The average molecular weight is 375 g/mol. The highest BCUT2D eigenvalue weighted by molar-refractivity contribution is 7.92. The van der Waals surface area contributed by atoms with Gasteiger partial charge in [0.25, 0.3) is 10.0 Å². The minimum absolute atomic E-state index is 0.139. The van der Waals surface area contributed by atoms with E-state index in [0.29, 0.717) is 5.69 Å². The molecule has 0 unspecified atom stereocenters. The van der Waals surface area contributed by atoms with Crippen LogP contribution in [0.15, 0.2) is 47.4 Å². The average Bonchev–Trinajstić information content (AvgIpc) is 2.51. The second-order valence-electron chi connectivity index (χ2n) is 6.71. The SMILES string of the molecule is Cc1ccc(S(=O)(=O)N(CC(=O)OC(C)C)c2cc(C)cc(C)c2)cc1. The molecule has 140 valence electrons. The maximum Gasteiger partial charge on any atom is 0.327 e. The van der Waals surface area contributed by atoms with Gasteiger partial charge in [-0.25, -0.2) is 8.42 Å². The molecule has 0 aromatic heterocycles. The fourth-order valence-electron chi connectivity index (χ4n) is 2.66. The molecule has 0 saturated heterocycles. The lowest BCUT2D eigenvalue weighted by molar-refractivity contribution is -0.145. The van der Waals surface area contributed by atoms with E-state index >= 15 is 0 Å². The van der Waals surface area contributed by atoms with Gasteiger partial charge in [0.2, 0.25) is 0 Å². The van der Waals surface area contributed by atoms with Gasteiger partial charge in [-0.3, -0.25) is 9.10 Å². The molecular weight excluding hydrogens is 350 g/mol. The molecule has 0 aliphatic rings. The number of rotatable bonds is 6. The number of ether oxygens (including phenoxy) is 1. The summed E-state index contributed by atoms with van der Waals surface area (Å²) in [5.74, 6) is -0.588. The van der Waals surface area contributed by atoms with Crippen LogP contribution in [0, 0.1) is 20.8 Å². The molecule has 2 aromatic rings. The summed E-state index contributed by atoms with van der Waals surface area (Å²) in [5, 5.41) is 0. The minimum Gasteiger partial charge on any atom is -0.462 e. The Kier molecular flexibility index (Phi) is 6.08. The second kappa shape index (κ2) is 7.91. The lowest BCUT2D eigenvalue weighted by Crippen LogP contribution is -2.37. The number of hydrogen-bond donors (Lipinski definition) is 0. The molecule has 0 atom stereocenters. The van der Waals surface area contributed by atoms with Crippen molar-refractivity contribution in [1.82, 2.24) is 0 Å². The van der Waals surface area contributed by atoms with E-state index in [9.17, 15) is 13.2 Å². The number of esters is 1. The van der Waals surface area contributed by atoms with Crippen LogP contribution in [-0.2, 0) is 19.6 Å². The largest absolute Gasteiger partial charge is 0.462 e. The summed E-state index contributed by atoms with van der Waals surface area (Å²) in [4.78, 5) is 12.3. The van der Waals surface area contributed by atoms with Gasteiger partial charge in [0.1, 0.15) is 6.54 Å². The Balaban J connectivity index is 2.51. The quantitative estimate of drug-likeness (QED) is 0.721. The van der Waals surface area contributed by atoms with E-state index in [0.717, 1.165) is 21.0 Å². The van der Waals surface area contributed by atoms with Gasteiger partial charge in [0, 0.05) is 0 Å². The summed E-state index contributed by atoms with van der Waals surface area (Å²) in [7, 11) is -3.90. The number of benzene rings is 2. The Morgan fingerprint density at radius 1 is 0.962 bits per heavy atom. The summed E-state index contributed by atoms with van der Waals surface area (Å²) in [6, 6.07) is 12.0. The molecule has 0 radical (unpaired) electrons. The van der Waals surface area contributed by atoms with Crippen LogP contribution in [0.4, 0.5) is 5.69 Å². The van der Waals surface area contributed by atoms with Crippen molar-refractivity contribution in [2.45, 2.75) is 45.6 Å². The van der Waals surface area contributed by atoms with Gasteiger partial charge < -0.3 is 4.74 Å². The van der Waals surface area contributed by atoms with Gasteiger partial charge in [0.05, 0.1) is 16.7 Å². The molecule has 0 heterocycles. The number of aryl methyl sites for hydroxylation is 3. The lowest BCUT2D eigenvalue weighted by Gasteiger charge is -2.25. The molecule has 2 rings (SSSR count). The van der Waals surface area contributed by atoms with Crippen LogP contribution < -0.4 is 4.31 Å². The summed E-state index contributed by atoms with van der Waals surface area (Å²) in [6.07, 6.45) is -0.314. The first-order valence-corrected chi connectivity index (χ1v) is 9.91. The van der Waals surface area contributed by atoms with E-state index in [1.165, 1.54) is 0 Å². The summed E-state index contributed by atoms with van der Waals surface area (Å²) < 4.78 is 32.7. The zero-order valence-electron chi connectivity index (χ0n) is 15.8. The van der Waals surface area contributed by atoms with Gasteiger partial charge in [-0.1, -0.05) is 23.8 Å². The van der Waals surface area contributed by atoms with Crippen molar-refractivity contribution >= 4 is 21.7 Å². The van der Waals surface area contributed by atoms with Crippen molar-refractivity contribution in [3.8, 4) is 0 Å². The Morgan fingerprint density at radius 3 is 2.00 bits per heavy atom. The molecule has 0 spiro atoms.